The van der Waals surface area contributed by atoms with E-state index in [1.807, 2.05) is 18.4 Å². The van der Waals surface area contributed by atoms with E-state index in [1.54, 1.807) is 25.1 Å². The Hall–Kier alpha value is -2.79. The molecule has 2 rings (SSSR count). The lowest BCUT2D eigenvalue weighted by Gasteiger charge is -2.20. The molecule has 0 saturated heterocycles. The summed E-state index contributed by atoms with van der Waals surface area (Å²) in [5.74, 6) is -0.0102. The minimum absolute atomic E-state index is 0.0102. The Kier molecular flexibility index (Phi) is 15.5. The summed E-state index contributed by atoms with van der Waals surface area (Å²) < 4.78 is 2.20. The molecule has 0 saturated carbocycles. The van der Waals surface area contributed by atoms with Gasteiger partial charge in [-0.15, -0.1) is 11.8 Å². The molecule has 0 atom stereocenters. The van der Waals surface area contributed by atoms with E-state index in [4.69, 9.17) is 9.68 Å². The van der Waals surface area contributed by atoms with Crippen LogP contribution in [0.2, 0.25) is 0 Å². The smallest absolute Gasteiger partial charge is 0.297 e. The molecule has 1 aromatic rings. The van der Waals surface area contributed by atoms with Crippen LogP contribution < -0.4 is 0 Å². The van der Waals surface area contributed by atoms with Crippen LogP contribution in [0.4, 0.5) is 9.59 Å². The number of carbonyl (C=O) groups excluding carboxylic acids is 3. The van der Waals surface area contributed by atoms with Gasteiger partial charge >= 0.3 is 12.2 Å². The molecule has 40 heavy (non-hydrogen) atoms. The van der Waals surface area contributed by atoms with Gasteiger partial charge in [-0.05, 0) is 32.1 Å². The summed E-state index contributed by atoms with van der Waals surface area (Å²) in [7, 11) is 2.89. The third-order valence-electron chi connectivity index (χ3n) is 6.38. The van der Waals surface area contributed by atoms with E-state index in [2.05, 4.69) is 17.2 Å². The van der Waals surface area contributed by atoms with Gasteiger partial charge in [0.15, 0.2) is 5.78 Å². The lowest BCUT2D eigenvalue weighted by atomic mass is 9.87. The molecule has 0 heterocycles. The molecule has 0 unspecified atom stereocenters. The first-order chi connectivity index (χ1) is 19.3. The molecular weight excluding hydrogens is 548 g/mol. The maximum Gasteiger partial charge on any atom is 0.447 e. The fourth-order valence-electron chi connectivity index (χ4n) is 4.04. The average molecular weight is 591 g/mol. The Morgan fingerprint density at radius 2 is 1.40 bits per heavy atom. The summed E-state index contributed by atoms with van der Waals surface area (Å²) in [6, 6.07) is 7.18. The molecule has 0 aromatic heterocycles. The summed E-state index contributed by atoms with van der Waals surface area (Å²) in [5, 5.41) is 8.35. The molecule has 0 fully saturated rings. The summed E-state index contributed by atoms with van der Waals surface area (Å²) >= 11 is 2.12. The second-order valence-electron chi connectivity index (χ2n) is 9.56. The van der Waals surface area contributed by atoms with Crippen LogP contribution in [0.3, 0.4) is 0 Å². The number of rotatable bonds is 15. The Bertz CT molecular complexity index is 1090. The van der Waals surface area contributed by atoms with E-state index in [1.165, 1.54) is 77.2 Å². The van der Waals surface area contributed by atoms with Gasteiger partial charge in [-0.1, -0.05) is 99.3 Å². The summed E-state index contributed by atoms with van der Waals surface area (Å²) in [6.07, 6.45) is 14.9. The van der Waals surface area contributed by atoms with Gasteiger partial charge in [-0.3, -0.25) is 14.5 Å². The molecule has 220 valence electrons. The number of hydrogen-bond donors (Lipinski definition) is 0. The second-order valence-corrected chi connectivity index (χ2v) is 11.8. The first-order valence-corrected chi connectivity index (χ1v) is 15.8. The van der Waals surface area contributed by atoms with E-state index in [-0.39, 0.29) is 5.78 Å². The minimum Gasteiger partial charge on any atom is -0.297 e. The predicted octanol–water partition coefficient (Wildman–Crippen LogP) is 8.22. The van der Waals surface area contributed by atoms with Gasteiger partial charge in [0.05, 0.1) is 12.1 Å². The fraction of sp³-hybridized carbons (Fsp3) is 0.552. The zero-order valence-electron chi connectivity index (χ0n) is 24.3. The Morgan fingerprint density at radius 1 is 0.850 bits per heavy atom. The highest BCUT2D eigenvalue weighted by molar-refractivity contribution is 8.13. The third-order valence-corrected chi connectivity index (χ3v) is 7.83. The van der Waals surface area contributed by atoms with Gasteiger partial charge in [-0.2, -0.15) is 0 Å². The third kappa shape index (κ3) is 11.4. The maximum absolute atomic E-state index is 13.1. The van der Waals surface area contributed by atoms with E-state index < -0.39 is 12.2 Å². The van der Waals surface area contributed by atoms with Crippen LogP contribution in [-0.2, 0) is 9.68 Å². The van der Waals surface area contributed by atoms with Crippen LogP contribution in [0.25, 0.3) is 0 Å². The van der Waals surface area contributed by atoms with E-state index in [9.17, 15) is 14.4 Å². The number of unbranched alkanes of at least 4 members (excludes halogenated alkanes) is 9. The summed E-state index contributed by atoms with van der Waals surface area (Å²) in [5.41, 5.74) is 2.25. The number of amides is 2. The zero-order valence-corrected chi connectivity index (χ0v) is 25.9. The number of hydrogen-bond acceptors (Lipinski definition) is 9. The standard InChI is InChI=1S/C29H42N4O5S2/c1-6-7-8-9-10-11-12-13-14-15-18-23-21-26(24-19-16-17-20-25(24)27(23)34)31-38-29(36)33(4)40-32(3)28(35)37-30-22(2)39-5/h16-17,19-21H,6-15,18H2,1-5H3. The van der Waals surface area contributed by atoms with Crippen LogP contribution in [0.15, 0.2) is 46.2 Å². The normalized spacial score (nSPS) is 14.0. The highest BCUT2D eigenvalue weighted by Crippen LogP contribution is 2.26. The Labute approximate surface area is 247 Å². The summed E-state index contributed by atoms with van der Waals surface area (Å²) in [4.78, 5) is 47.7. The van der Waals surface area contributed by atoms with Crippen molar-refractivity contribution >= 4 is 52.6 Å². The molecule has 9 nitrogen and oxygen atoms in total. The highest BCUT2D eigenvalue weighted by atomic mass is 32.2. The molecular formula is C29H42N4O5S2. The van der Waals surface area contributed by atoms with E-state index in [0.717, 1.165) is 33.6 Å². The van der Waals surface area contributed by atoms with Gasteiger partial charge < -0.3 is 0 Å². The lowest BCUT2D eigenvalue weighted by molar-refractivity contribution is 0.102. The number of fused-ring (bicyclic) bond motifs is 1. The molecule has 2 amide bonds. The number of thioether (sulfide) groups is 1. The molecule has 0 bridgehead atoms. The van der Waals surface area contributed by atoms with Gasteiger partial charge in [0.2, 0.25) is 0 Å². The largest absolute Gasteiger partial charge is 0.447 e. The van der Waals surface area contributed by atoms with Crippen molar-refractivity contribution in [2.24, 2.45) is 10.3 Å². The zero-order chi connectivity index (χ0) is 29.3. The van der Waals surface area contributed by atoms with Gasteiger partial charge in [-0.25, -0.2) is 18.2 Å². The van der Waals surface area contributed by atoms with Gasteiger partial charge in [0.25, 0.3) is 0 Å². The monoisotopic (exact) mass is 590 g/mol. The molecule has 1 aliphatic rings. The van der Waals surface area contributed by atoms with Crippen molar-refractivity contribution in [2.75, 3.05) is 20.4 Å². The first-order valence-electron chi connectivity index (χ1n) is 13.9. The van der Waals surface area contributed by atoms with Crippen molar-refractivity contribution in [3.05, 3.63) is 47.0 Å². The fourth-order valence-corrected chi connectivity index (χ4v) is 4.72. The van der Waals surface area contributed by atoms with Crippen LogP contribution in [0.1, 0.15) is 100 Å². The highest BCUT2D eigenvalue weighted by Gasteiger charge is 2.25. The molecule has 11 heteroatoms. The lowest BCUT2D eigenvalue weighted by Crippen LogP contribution is -2.29. The number of allylic oxidation sites excluding steroid dienone is 2. The molecule has 0 aliphatic heterocycles. The summed E-state index contributed by atoms with van der Waals surface area (Å²) in [6.45, 7) is 3.94. The van der Waals surface area contributed by atoms with Crippen molar-refractivity contribution in [1.29, 1.82) is 0 Å². The number of Topliss-reactive ketones (excluding diaryl/α,β-unsaturated/α-hetero) is 1. The number of oxime groups is 2. The maximum atomic E-state index is 13.1. The quantitative estimate of drug-likeness (QED) is 0.0506. The molecule has 1 aliphatic carbocycles. The Balaban J connectivity index is 1.92. The molecule has 0 radical (unpaired) electrons. The van der Waals surface area contributed by atoms with Crippen LogP contribution >= 0.6 is 23.9 Å². The van der Waals surface area contributed by atoms with Crippen molar-refractivity contribution < 1.29 is 24.1 Å². The number of ketones is 1. The average Bonchev–Trinajstić information content (AvgIpc) is 2.96. The van der Waals surface area contributed by atoms with Crippen molar-refractivity contribution in [2.45, 2.75) is 84.5 Å². The van der Waals surface area contributed by atoms with Crippen LogP contribution in [0.5, 0.6) is 0 Å². The topological polar surface area (TPSA) is 101 Å². The molecule has 1 aromatic carbocycles. The van der Waals surface area contributed by atoms with Crippen molar-refractivity contribution in [3.8, 4) is 0 Å². The van der Waals surface area contributed by atoms with Crippen molar-refractivity contribution in [1.82, 2.24) is 8.61 Å². The van der Waals surface area contributed by atoms with Crippen LogP contribution in [0, 0.1) is 0 Å². The van der Waals surface area contributed by atoms with E-state index in [0.29, 0.717) is 33.9 Å². The Morgan fingerprint density at radius 3 is 2.00 bits per heavy atom. The molecule has 0 spiro atoms. The second kappa shape index (κ2) is 18.5. The number of carbonyl (C=O) groups is 3. The first kappa shape index (κ1) is 33.4. The minimum atomic E-state index is -0.792. The van der Waals surface area contributed by atoms with Gasteiger partial charge in [0.1, 0.15) is 10.8 Å². The van der Waals surface area contributed by atoms with E-state index >= 15 is 0 Å². The SMILES string of the molecule is CCCCCCCCCCCCC1=CC(=NOC(=O)N(C)SN(C)C(=O)ON=C(C)SC)c2ccccc2C1=O. The van der Waals surface area contributed by atoms with Crippen LogP contribution in [-0.4, -0.2) is 57.7 Å². The van der Waals surface area contributed by atoms with Gasteiger partial charge in [0, 0.05) is 30.8 Å². The molecule has 0 N–H and O–H groups in total. The van der Waals surface area contributed by atoms with Crippen molar-refractivity contribution in [3.63, 3.8) is 0 Å². The number of nitrogens with zero attached hydrogens (tertiary/aromatic N) is 4. The number of benzene rings is 1. The predicted molar refractivity (Wildman–Crippen MR) is 165 cm³/mol.